The van der Waals surface area contributed by atoms with Crippen molar-refractivity contribution in [2.45, 2.75) is 25.7 Å². The molecule has 1 heterocycles. The maximum absolute atomic E-state index is 12.8. The zero-order valence-corrected chi connectivity index (χ0v) is 12.5. The number of hydrogen-bond acceptors (Lipinski definition) is 3. The number of pyridine rings is 1. The topological polar surface area (TPSA) is 39.2 Å². The molecule has 0 bridgehead atoms. The molecule has 7 heteroatoms. The van der Waals surface area contributed by atoms with E-state index in [9.17, 15) is 13.6 Å². The number of nitrogens with zero attached hydrogens (tertiary/aromatic N) is 1. The molecule has 1 rings (SSSR count). The lowest BCUT2D eigenvalue weighted by molar-refractivity contribution is -0.142. The van der Waals surface area contributed by atoms with E-state index in [2.05, 4.69) is 4.98 Å². The summed E-state index contributed by atoms with van der Waals surface area (Å²) in [6.45, 7) is 1.96. The molecule has 0 N–H and O–H groups in total. The highest BCUT2D eigenvalue weighted by molar-refractivity contribution is 14.1. The highest BCUT2D eigenvalue weighted by Gasteiger charge is 2.19. The van der Waals surface area contributed by atoms with Gasteiger partial charge in [0.1, 0.15) is 3.70 Å². The number of rotatable bonds is 5. The Morgan fingerprint density at radius 1 is 1.61 bits per heavy atom. The molecule has 0 aliphatic rings. The van der Waals surface area contributed by atoms with Gasteiger partial charge in [0, 0.05) is 5.88 Å². The maximum Gasteiger partial charge on any atom is 0.311 e. The van der Waals surface area contributed by atoms with Crippen molar-refractivity contribution in [2.24, 2.45) is 0 Å². The Morgan fingerprint density at radius 2 is 2.28 bits per heavy atom. The van der Waals surface area contributed by atoms with Gasteiger partial charge in [0.05, 0.1) is 24.3 Å². The summed E-state index contributed by atoms with van der Waals surface area (Å²) in [5, 5.41) is 0. The average Bonchev–Trinajstić information content (AvgIpc) is 2.27. The monoisotopic (exact) mass is 389 g/mol. The number of carbonyl (C=O) groups is 1. The zero-order chi connectivity index (χ0) is 13.7. The molecule has 0 saturated carbocycles. The molecule has 0 radical (unpaired) electrons. The molecule has 18 heavy (non-hydrogen) atoms. The first-order valence-corrected chi connectivity index (χ1v) is 6.78. The molecule has 0 unspecified atom stereocenters. The van der Waals surface area contributed by atoms with Crippen molar-refractivity contribution < 1.29 is 18.3 Å². The largest absolute Gasteiger partial charge is 0.466 e. The number of ether oxygens (including phenoxy) is 1. The summed E-state index contributed by atoms with van der Waals surface area (Å²) in [5.74, 6) is -0.486. The number of alkyl halides is 3. The molecule has 0 atom stereocenters. The van der Waals surface area contributed by atoms with Crippen LogP contribution in [0.1, 0.15) is 30.2 Å². The fourth-order valence-electron chi connectivity index (χ4n) is 1.42. The van der Waals surface area contributed by atoms with Crippen LogP contribution in [-0.2, 0) is 21.8 Å². The normalized spacial score (nSPS) is 10.8. The molecule has 1 aromatic heterocycles. The molecule has 0 aliphatic heterocycles. The van der Waals surface area contributed by atoms with Crippen molar-refractivity contribution in [3.63, 3.8) is 0 Å². The van der Waals surface area contributed by atoms with Gasteiger partial charge in [-0.05, 0) is 41.1 Å². The van der Waals surface area contributed by atoms with E-state index in [0.29, 0.717) is 11.3 Å². The summed E-state index contributed by atoms with van der Waals surface area (Å²) < 4.78 is 30.5. The van der Waals surface area contributed by atoms with Crippen LogP contribution in [0.4, 0.5) is 8.78 Å². The Hall–Kier alpha value is -0.500. The summed E-state index contributed by atoms with van der Waals surface area (Å²) >= 11 is 7.35. The van der Waals surface area contributed by atoms with Crippen molar-refractivity contribution in [1.29, 1.82) is 0 Å². The molecule has 0 fully saturated rings. The predicted molar refractivity (Wildman–Crippen MR) is 71.8 cm³/mol. The van der Waals surface area contributed by atoms with Crippen molar-refractivity contribution in [1.82, 2.24) is 4.98 Å². The summed E-state index contributed by atoms with van der Waals surface area (Å²) in [6, 6.07) is 1.42. The lowest BCUT2D eigenvalue weighted by atomic mass is 10.1. The SMILES string of the molecule is CCOC(=O)Cc1cc(CCl)c(C(F)F)c(I)n1. The van der Waals surface area contributed by atoms with Crippen LogP contribution in [0.5, 0.6) is 0 Å². The van der Waals surface area contributed by atoms with E-state index in [1.807, 2.05) is 0 Å². The van der Waals surface area contributed by atoms with Gasteiger partial charge in [-0.1, -0.05) is 0 Å². The van der Waals surface area contributed by atoms with Crippen molar-refractivity contribution in [2.75, 3.05) is 6.61 Å². The molecule has 0 spiro atoms. The van der Waals surface area contributed by atoms with Crippen molar-refractivity contribution in [3.05, 3.63) is 26.6 Å². The molecule has 3 nitrogen and oxygen atoms in total. The summed E-state index contributed by atoms with van der Waals surface area (Å²) in [7, 11) is 0. The fraction of sp³-hybridized carbons (Fsp3) is 0.455. The van der Waals surface area contributed by atoms with E-state index in [0.717, 1.165) is 0 Å². The Morgan fingerprint density at radius 3 is 2.78 bits per heavy atom. The molecule has 0 aliphatic carbocycles. The molecule has 0 saturated heterocycles. The van der Waals surface area contributed by atoms with Gasteiger partial charge >= 0.3 is 5.97 Å². The van der Waals surface area contributed by atoms with E-state index < -0.39 is 12.4 Å². The van der Waals surface area contributed by atoms with Crippen LogP contribution in [0, 0.1) is 3.70 Å². The zero-order valence-electron chi connectivity index (χ0n) is 9.55. The van der Waals surface area contributed by atoms with Crippen LogP contribution >= 0.6 is 34.2 Å². The van der Waals surface area contributed by atoms with E-state index in [-0.39, 0.29) is 28.2 Å². The Kier molecular flexibility index (Phi) is 6.20. The second-order valence-corrected chi connectivity index (χ2v) is 4.68. The van der Waals surface area contributed by atoms with Gasteiger partial charge in [0.25, 0.3) is 6.43 Å². The predicted octanol–water partition coefficient (Wildman–Crippen LogP) is 3.47. The van der Waals surface area contributed by atoms with Crippen LogP contribution in [0.25, 0.3) is 0 Å². The first-order chi connectivity index (χ1) is 8.49. The average molecular weight is 390 g/mol. The van der Waals surface area contributed by atoms with Gasteiger partial charge in [-0.3, -0.25) is 4.79 Å². The van der Waals surface area contributed by atoms with E-state index in [1.165, 1.54) is 6.07 Å². The highest BCUT2D eigenvalue weighted by Crippen LogP contribution is 2.28. The van der Waals surface area contributed by atoms with Gasteiger partial charge in [0.15, 0.2) is 0 Å². The Bertz CT molecular complexity index is 443. The Labute approximate surface area is 122 Å². The molecule has 0 aromatic carbocycles. The smallest absolute Gasteiger partial charge is 0.311 e. The van der Waals surface area contributed by atoms with Crippen LogP contribution in [0.3, 0.4) is 0 Å². The van der Waals surface area contributed by atoms with E-state index in [4.69, 9.17) is 16.3 Å². The van der Waals surface area contributed by atoms with Crippen LogP contribution in [0.15, 0.2) is 6.07 Å². The standard InChI is InChI=1S/C11H11ClF2INO2/c1-2-18-8(17)4-7-3-6(5-12)9(10(13)14)11(15)16-7/h3,10H,2,4-5H2,1H3. The molecular weight excluding hydrogens is 378 g/mol. The summed E-state index contributed by atoms with van der Waals surface area (Å²) in [4.78, 5) is 15.3. The number of carbonyl (C=O) groups excluding carboxylic acids is 1. The molecular formula is C11H11ClF2INO2. The quantitative estimate of drug-likeness (QED) is 0.335. The first kappa shape index (κ1) is 15.6. The number of esters is 1. The van der Waals surface area contributed by atoms with Gasteiger partial charge in [-0.25, -0.2) is 13.8 Å². The van der Waals surface area contributed by atoms with Gasteiger partial charge in [-0.2, -0.15) is 0 Å². The molecule has 100 valence electrons. The Balaban J connectivity index is 3.03. The maximum atomic E-state index is 12.8. The lowest BCUT2D eigenvalue weighted by Crippen LogP contribution is -2.11. The lowest BCUT2D eigenvalue weighted by Gasteiger charge is -2.10. The number of aromatic nitrogens is 1. The van der Waals surface area contributed by atoms with E-state index in [1.54, 1.807) is 29.5 Å². The van der Waals surface area contributed by atoms with Gasteiger partial charge < -0.3 is 4.74 Å². The molecule has 0 amide bonds. The van der Waals surface area contributed by atoms with Crippen molar-refractivity contribution >= 4 is 40.2 Å². The van der Waals surface area contributed by atoms with Gasteiger partial charge in [-0.15, -0.1) is 11.6 Å². The number of hydrogen-bond donors (Lipinski definition) is 0. The van der Waals surface area contributed by atoms with Crippen molar-refractivity contribution in [3.8, 4) is 0 Å². The third kappa shape index (κ3) is 4.01. The minimum Gasteiger partial charge on any atom is -0.466 e. The second kappa shape index (κ2) is 7.18. The third-order valence-corrected chi connectivity index (χ3v) is 3.25. The summed E-state index contributed by atoms with van der Waals surface area (Å²) in [6.07, 6.45) is -2.67. The first-order valence-electron chi connectivity index (χ1n) is 5.17. The van der Waals surface area contributed by atoms with E-state index >= 15 is 0 Å². The minimum absolute atomic E-state index is 0.0444. The number of halogens is 4. The fourth-order valence-corrected chi connectivity index (χ4v) is 2.53. The van der Waals surface area contributed by atoms with Crippen LogP contribution in [-0.4, -0.2) is 17.6 Å². The van der Waals surface area contributed by atoms with Crippen LogP contribution in [0.2, 0.25) is 0 Å². The summed E-state index contributed by atoms with van der Waals surface area (Å²) in [5.41, 5.74) is 0.515. The highest BCUT2D eigenvalue weighted by atomic mass is 127. The minimum atomic E-state index is -2.63. The molecule has 1 aromatic rings. The second-order valence-electron chi connectivity index (χ2n) is 3.39. The third-order valence-electron chi connectivity index (χ3n) is 2.14. The van der Waals surface area contributed by atoms with Crippen LogP contribution < -0.4 is 0 Å². The van der Waals surface area contributed by atoms with Gasteiger partial charge in [0.2, 0.25) is 0 Å².